The molecule has 1 aromatic heterocycles. The van der Waals surface area contributed by atoms with Gasteiger partial charge in [-0.3, -0.25) is 9.59 Å². The summed E-state index contributed by atoms with van der Waals surface area (Å²) in [4.78, 5) is 23.1. The van der Waals surface area contributed by atoms with Crippen molar-refractivity contribution in [3.05, 3.63) is 47.5 Å². The number of rotatable bonds is 7. The van der Waals surface area contributed by atoms with Gasteiger partial charge in [-0.2, -0.15) is 5.10 Å². The van der Waals surface area contributed by atoms with Gasteiger partial charge in [-0.1, -0.05) is 6.92 Å². The van der Waals surface area contributed by atoms with Crippen LogP contribution in [0, 0.1) is 5.82 Å². The van der Waals surface area contributed by atoms with Crippen molar-refractivity contribution in [2.45, 2.75) is 26.7 Å². The molecule has 0 unspecified atom stereocenters. The van der Waals surface area contributed by atoms with Crippen molar-refractivity contribution >= 4 is 11.8 Å². The Morgan fingerprint density at radius 2 is 1.83 bits per heavy atom. The first-order chi connectivity index (χ1) is 11.5. The molecular formula is C17H21FN4O2. The zero-order chi connectivity index (χ0) is 17.5. The van der Waals surface area contributed by atoms with Crippen LogP contribution in [0.1, 0.15) is 36.3 Å². The minimum atomic E-state index is -0.318. The fraction of sp³-hybridized carbons (Fsp3) is 0.353. The maximum atomic E-state index is 13.1. The van der Waals surface area contributed by atoms with Crippen LogP contribution in [-0.4, -0.2) is 34.7 Å². The van der Waals surface area contributed by atoms with Gasteiger partial charge >= 0.3 is 0 Å². The van der Waals surface area contributed by atoms with Crippen LogP contribution in [0.4, 0.5) is 4.39 Å². The average molecular weight is 332 g/mol. The number of nitrogens with one attached hydrogen (secondary N) is 2. The molecule has 2 rings (SSSR count). The summed E-state index contributed by atoms with van der Waals surface area (Å²) < 4.78 is 14.7. The second-order valence-corrected chi connectivity index (χ2v) is 5.34. The van der Waals surface area contributed by atoms with Gasteiger partial charge < -0.3 is 10.6 Å². The molecule has 0 aliphatic heterocycles. The Hall–Kier alpha value is -2.70. The van der Waals surface area contributed by atoms with Gasteiger partial charge in [-0.15, -0.1) is 0 Å². The van der Waals surface area contributed by atoms with Crippen LogP contribution in [0.5, 0.6) is 0 Å². The minimum Gasteiger partial charge on any atom is -0.356 e. The zero-order valence-corrected chi connectivity index (χ0v) is 13.8. The van der Waals surface area contributed by atoms with Gasteiger partial charge in [-0.25, -0.2) is 9.07 Å². The van der Waals surface area contributed by atoms with Gasteiger partial charge in [-0.05, 0) is 37.1 Å². The summed E-state index contributed by atoms with van der Waals surface area (Å²) in [5.74, 6) is -0.612. The average Bonchev–Trinajstić information content (AvgIpc) is 2.98. The molecule has 0 aliphatic carbocycles. The first-order valence-electron chi connectivity index (χ1n) is 7.88. The fourth-order valence-electron chi connectivity index (χ4n) is 2.36. The largest absolute Gasteiger partial charge is 0.356 e. The van der Waals surface area contributed by atoms with Crippen molar-refractivity contribution in [1.82, 2.24) is 20.4 Å². The van der Waals surface area contributed by atoms with Gasteiger partial charge in [0.05, 0.1) is 23.1 Å². The molecule has 6 nitrogen and oxygen atoms in total. The molecule has 0 fully saturated rings. The molecule has 0 saturated carbocycles. The van der Waals surface area contributed by atoms with E-state index in [0.29, 0.717) is 37.2 Å². The van der Waals surface area contributed by atoms with E-state index >= 15 is 0 Å². The quantitative estimate of drug-likeness (QED) is 0.760. The molecule has 0 atom stereocenters. The minimum absolute atomic E-state index is 0.0878. The number of halogens is 1. The molecule has 128 valence electrons. The lowest BCUT2D eigenvalue weighted by Crippen LogP contribution is -2.29. The van der Waals surface area contributed by atoms with E-state index in [1.54, 1.807) is 16.8 Å². The number of carbonyl (C=O) groups excluding carboxylic acids is 2. The van der Waals surface area contributed by atoms with E-state index in [2.05, 4.69) is 15.7 Å². The molecule has 2 aromatic rings. The van der Waals surface area contributed by atoms with E-state index in [-0.39, 0.29) is 17.6 Å². The zero-order valence-electron chi connectivity index (χ0n) is 13.8. The van der Waals surface area contributed by atoms with Crippen LogP contribution in [0.3, 0.4) is 0 Å². The predicted octanol–water partition coefficient (Wildman–Crippen LogP) is 1.83. The van der Waals surface area contributed by atoms with Crippen molar-refractivity contribution in [2.24, 2.45) is 0 Å². The number of hydrogen-bond donors (Lipinski definition) is 2. The highest BCUT2D eigenvalue weighted by atomic mass is 19.1. The summed E-state index contributed by atoms with van der Waals surface area (Å²) >= 11 is 0. The van der Waals surface area contributed by atoms with E-state index in [9.17, 15) is 14.0 Å². The highest BCUT2D eigenvalue weighted by Crippen LogP contribution is 2.16. The van der Waals surface area contributed by atoms with Gasteiger partial charge in [0.15, 0.2) is 0 Å². The number of amides is 2. The smallest absolute Gasteiger partial charge is 0.254 e. The Balaban J connectivity index is 2.04. The van der Waals surface area contributed by atoms with Gasteiger partial charge in [0.2, 0.25) is 5.91 Å². The molecule has 2 N–H and O–H groups in total. The number of nitrogens with zero attached hydrogens (tertiary/aromatic N) is 2. The summed E-state index contributed by atoms with van der Waals surface area (Å²) in [6, 6.07) is 5.96. The number of hydrogen-bond acceptors (Lipinski definition) is 3. The van der Waals surface area contributed by atoms with Crippen molar-refractivity contribution < 1.29 is 14.0 Å². The summed E-state index contributed by atoms with van der Waals surface area (Å²) in [6.45, 7) is 4.37. The highest BCUT2D eigenvalue weighted by Gasteiger charge is 2.16. The van der Waals surface area contributed by atoms with E-state index in [1.165, 1.54) is 25.3 Å². The Labute approximate surface area is 140 Å². The second-order valence-electron chi connectivity index (χ2n) is 5.34. The third-order valence-corrected chi connectivity index (χ3v) is 3.53. The fourth-order valence-corrected chi connectivity index (χ4v) is 2.36. The Morgan fingerprint density at radius 3 is 2.46 bits per heavy atom. The van der Waals surface area contributed by atoms with Crippen molar-refractivity contribution in [3.8, 4) is 5.69 Å². The lowest BCUT2D eigenvalue weighted by atomic mass is 10.2. The van der Waals surface area contributed by atoms with Crippen molar-refractivity contribution in [2.75, 3.05) is 13.1 Å². The Bertz CT molecular complexity index is 710. The van der Waals surface area contributed by atoms with Crippen LogP contribution in [-0.2, 0) is 11.2 Å². The molecule has 0 radical (unpaired) electrons. The third kappa shape index (κ3) is 4.41. The van der Waals surface area contributed by atoms with E-state index in [0.717, 1.165) is 5.69 Å². The number of aromatic nitrogens is 2. The number of benzene rings is 1. The summed E-state index contributed by atoms with van der Waals surface area (Å²) in [6.07, 6.45) is 2.79. The maximum absolute atomic E-state index is 13.1. The first kappa shape index (κ1) is 17.7. The normalized spacial score (nSPS) is 10.5. The van der Waals surface area contributed by atoms with Crippen LogP contribution in [0.15, 0.2) is 30.5 Å². The molecule has 24 heavy (non-hydrogen) atoms. The standard InChI is InChI=1S/C17H21FN4O2/c1-3-16-15(17(24)20-10-4-9-19-12(2)23)11-21-22(16)14-7-5-13(18)6-8-14/h5-8,11H,3-4,9-10H2,1-2H3,(H,19,23)(H,20,24). The van der Waals surface area contributed by atoms with Crippen LogP contribution in [0.25, 0.3) is 5.69 Å². The number of carbonyl (C=O) groups is 2. The van der Waals surface area contributed by atoms with Crippen LogP contribution >= 0.6 is 0 Å². The topological polar surface area (TPSA) is 76.0 Å². The van der Waals surface area contributed by atoms with Gasteiger partial charge in [0.1, 0.15) is 5.82 Å². The van der Waals surface area contributed by atoms with Crippen LogP contribution in [0.2, 0.25) is 0 Å². The molecule has 2 amide bonds. The summed E-state index contributed by atoms with van der Waals surface area (Å²) in [7, 11) is 0. The SMILES string of the molecule is CCc1c(C(=O)NCCCNC(C)=O)cnn1-c1ccc(F)cc1. The molecule has 0 saturated heterocycles. The van der Waals surface area contributed by atoms with Crippen LogP contribution < -0.4 is 10.6 Å². The second kappa shape index (κ2) is 8.24. The Morgan fingerprint density at radius 1 is 1.17 bits per heavy atom. The van der Waals surface area contributed by atoms with E-state index in [4.69, 9.17) is 0 Å². The van der Waals surface area contributed by atoms with Crippen molar-refractivity contribution in [3.63, 3.8) is 0 Å². The molecule has 1 heterocycles. The molecule has 0 bridgehead atoms. The highest BCUT2D eigenvalue weighted by molar-refractivity contribution is 5.95. The molecular weight excluding hydrogens is 311 g/mol. The van der Waals surface area contributed by atoms with Gasteiger partial charge in [0, 0.05) is 20.0 Å². The van der Waals surface area contributed by atoms with Gasteiger partial charge in [0.25, 0.3) is 5.91 Å². The lowest BCUT2D eigenvalue weighted by molar-refractivity contribution is -0.118. The summed E-state index contributed by atoms with van der Waals surface area (Å²) in [5, 5.41) is 9.74. The third-order valence-electron chi connectivity index (χ3n) is 3.53. The van der Waals surface area contributed by atoms with E-state index in [1.807, 2.05) is 6.92 Å². The maximum Gasteiger partial charge on any atom is 0.254 e. The molecule has 0 spiro atoms. The molecule has 0 aliphatic rings. The first-order valence-corrected chi connectivity index (χ1v) is 7.88. The Kier molecular flexibility index (Phi) is 6.06. The summed E-state index contributed by atoms with van der Waals surface area (Å²) in [5.41, 5.74) is 1.97. The monoisotopic (exact) mass is 332 g/mol. The lowest BCUT2D eigenvalue weighted by Gasteiger charge is -2.09. The molecule has 1 aromatic carbocycles. The van der Waals surface area contributed by atoms with Crippen molar-refractivity contribution in [1.29, 1.82) is 0 Å². The predicted molar refractivity (Wildman–Crippen MR) is 88.5 cm³/mol. The van der Waals surface area contributed by atoms with E-state index < -0.39 is 0 Å². The molecule has 7 heteroatoms.